The van der Waals surface area contributed by atoms with Gasteiger partial charge in [0.25, 0.3) is 0 Å². The van der Waals surface area contributed by atoms with Crippen molar-refractivity contribution in [3.63, 3.8) is 0 Å². The third kappa shape index (κ3) is 3.00. The minimum absolute atomic E-state index is 0.000272. The second-order valence-electron chi connectivity index (χ2n) is 6.89. The second-order valence-corrected chi connectivity index (χ2v) is 11.3. The molecule has 0 spiro atoms. The molecule has 1 saturated heterocycles. The van der Waals surface area contributed by atoms with E-state index in [0.29, 0.717) is 5.76 Å². The van der Waals surface area contributed by atoms with Crippen molar-refractivity contribution in [1.29, 1.82) is 0 Å². The average Bonchev–Trinajstić information content (AvgIpc) is 2.63. The van der Waals surface area contributed by atoms with Gasteiger partial charge in [0.1, 0.15) is 12.0 Å². The molecule has 0 aromatic rings. The first-order valence-corrected chi connectivity index (χ1v) is 10.8. The van der Waals surface area contributed by atoms with Crippen LogP contribution in [0.4, 0.5) is 0 Å². The number of hydrogen-bond donors (Lipinski definition) is 0. The van der Waals surface area contributed by atoms with E-state index in [0.717, 1.165) is 0 Å². The highest BCUT2D eigenvalue weighted by molar-refractivity contribution is 6.70. The normalized spacial score (nSPS) is 35.6. The molecule has 118 valence electrons. The summed E-state index contributed by atoms with van der Waals surface area (Å²) in [6, 6.07) is 0. The monoisotopic (exact) mass is 312 g/mol. The molecule has 0 saturated carbocycles. The zero-order valence-electron chi connectivity index (χ0n) is 13.5. The Morgan fingerprint density at radius 2 is 1.90 bits per heavy atom. The van der Waals surface area contributed by atoms with Crippen LogP contribution in [0.1, 0.15) is 13.8 Å². The van der Waals surface area contributed by atoms with Gasteiger partial charge in [0, 0.05) is 5.92 Å². The summed E-state index contributed by atoms with van der Waals surface area (Å²) < 4.78 is 16.4. The van der Waals surface area contributed by atoms with Crippen LogP contribution in [-0.2, 0) is 23.5 Å². The fraction of sp³-hybridized carbons (Fsp3) is 0.733. The molecule has 1 aliphatic carbocycles. The summed E-state index contributed by atoms with van der Waals surface area (Å²) >= 11 is 0. The summed E-state index contributed by atoms with van der Waals surface area (Å²) in [5.74, 6) is -0.984. The van der Waals surface area contributed by atoms with Crippen molar-refractivity contribution in [2.45, 2.75) is 39.6 Å². The van der Waals surface area contributed by atoms with Gasteiger partial charge in [-0.3, -0.25) is 9.59 Å². The molecule has 1 fully saturated rings. The van der Waals surface area contributed by atoms with Gasteiger partial charge in [-0.05, 0) is 38.6 Å². The van der Waals surface area contributed by atoms with Gasteiger partial charge in [0.2, 0.25) is 8.32 Å². The second kappa shape index (κ2) is 5.48. The Morgan fingerprint density at radius 1 is 1.29 bits per heavy atom. The molecule has 5 nitrogen and oxygen atoms in total. The SMILES string of the molecule is COC(=O)C1C(O[Si](C)(C)C)=C[C@@H](C)[C@@H]2C(=O)O[C@@H](C)[C@H]12. The summed E-state index contributed by atoms with van der Waals surface area (Å²) in [4.78, 5) is 24.3. The molecule has 1 aliphatic heterocycles. The zero-order chi connectivity index (χ0) is 15.9. The molecule has 0 aromatic carbocycles. The van der Waals surface area contributed by atoms with E-state index in [4.69, 9.17) is 13.9 Å². The van der Waals surface area contributed by atoms with Gasteiger partial charge in [0.05, 0.1) is 18.8 Å². The highest BCUT2D eigenvalue weighted by Gasteiger charge is 2.55. The lowest BCUT2D eigenvalue weighted by molar-refractivity contribution is -0.148. The van der Waals surface area contributed by atoms with Crippen LogP contribution in [-0.4, -0.2) is 33.5 Å². The molecule has 0 bridgehead atoms. The number of carbonyl (C=O) groups is 2. The molecular formula is C15H24O5Si. The van der Waals surface area contributed by atoms with Crippen molar-refractivity contribution < 1.29 is 23.5 Å². The predicted molar refractivity (Wildman–Crippen MR) is 79.7 cm³/mol. The number of carbonyl (C=O) groups excluding carboxylic acids is 2. The van der Waals surface area contributed by atoms with Gasteiger partial charge in [-0.25, -0.2) is 0 Å². The highest BCUT2D eigenvalue weighted by atomic mass is 28.4. The smallest absolute Gasteiger partial charge is 0.316 e. The number of rotatable bonds is 3. The van der Waals surface area contributed by atoms with E-state index in [1.807, 2.05) is 19.9 Å². The van der Waals surface area contributed by atoms with Gasteiger partial charge in [-0.1, -0.05) is 6.92 Å². The van der Waals surface area contributed by atoms with Crippen LogP contribution in [0, 0.1) is 23.7 Å². The summed E-state index contributed by atoms with van der Waals surface area (Å²) in [5, 5.41) is 0. The maximum Gasteiger partial charge on any atom is 0.316 e. The van der Waals surface area contributed by atoms with Crippen molar-refractivity contribution in [1.82, 2.24) is 0 Å². The van der Waals surface area contributed by atoms with Gasteiger partial charge in [-0.15, -0.1) is 0 Å². The van der Waals surface area contributed by atoms with Gasteiger partial charge in [0.15, 0.2) is 0 Å². The maximum atomic E-state index is 12.3. The Bertz CT molecular complexity index is 479. The molecular weight excluding hydrogens is 288 g/mol. The summed E-state index contributed by atoms with van der Waals surface area (Å²) in [7, 11) is -0.495. The Morgan fingerprint density at radius 3 is 2.43 bits per heavy atom. The largest absolute Gasteiger partial charge is 0.547 e. The Balaban J connectivity index is 2.43. The van der Waals surface area contributed by atoms with E-state index >= 15 is 0 Å². The van der Waals surface area contributed by atoms with E-state index in [1.165, 1.54) is 7.11 Å². The summed E-state index contributed by atoms with van der Waals surface area (Å²) in [6.45, 7) is 10.0. The minimum atomic E-state index is -1.86. The van der Waals surface area contributed by atoms with Crippen molar-refractivity contribution >= 4 is 20.3 Å². The lowest BCUT2D eigenvalue weighted by Gasteiger charge is -2.37. The number of cyclic esters (lactones) is 1. The quantitative estimate of drug-likeness (QED) is 0.591. The molecule has 2 rings (SSSR count). The van der Waals surface area contributed by atoms with E-state index < -0.39 is 14.2 Å². The lowest BCUT2D eigenvalue weighted by Crippen LogP contribution is -2.43. The van der Waals surface area contributed by atoms with Crippen LogP contribution >= 0.6 is 0 Å². The molecule has 0 aromatic heterocycles. The molecule has 6 heteroatoms. The Kier molecular flexibility index (Phi) is 4.19. The van der Waals surface area contributed by atoms with Crippen molar-refractivity contribution in [2.24, 2.45) is 23.7 Å². The Labute approximate surface area is 126 Å². The van der Waals surface area contributed by atoms with Crippen LogP contribution in [0.2, 0.25) is 19.6 Å². The van der Waals surface area contributed by atoms with Crippen LogP contribution in [0.3, 0.4) is 0 Å². The zero-order valence-corrected chi connectivity index (χ0v) is 14.5. The van der Waals surface area contributed by atoms with E-state index in [-0.39, 0.29) is 35.8 Å². The molecule has 5 atom stereocenters. The number of fused-ring (bicyclic) bond motifs is 1. The first-order valence-electron chi connectivity index (χ1n) is 7.34. The number of ether oxygens (including phenoxy) is 2. The topological polar surface area (TPSA) is 61.8 Å². The molecule has 1 heterocycles. The van der Waals surface area contributed by atoms with E-state index in [2.05, 4.69) is 19.6 Å². The number of methoxy groups -OCH3 is 1. The average molecular weight is 312 g/mol. The molecule has 0 N–H and O–H groups in total. The van der Waals surface area contributed by atoms with Gasteiger partial charge in [-0.2, -0.15) is 0 Å². The highest BCUT2D eigenvalue weighted by Crippen LogP contribution is 2.47. The van der Waals surface area contributed by atoms with Crippen LogP contribution in [0.5, 0.6) is 0 Å². The third-order valence-corrected chi connectivity index (χ3v) is 4.94. The lowest BCUT2D eigenvalue weighted by atomic mass is 9.69. The number of allylic oxidation sites excluding steroid dienone is 1. The van der Waals surface area contributed by atoms with Crippen molar-refractivity contribution in [3.8, 4) is 0 Å². The molecule has 2 aliphatic rings. The number of esters is 2. The van der Waals surface area contributed by atoms with E-state index in [1.54, 1.807) is 0 Å². The summed E-state index contributed by atoms with van der Waals surface area (Å²) in [5.41, 5.74) is 0. The fourth-order valence-electron chi connectivity index (χ4n) is 3.34. The Hall–Kier alpha value is -1.30. The standard InChI is InChI=1S/C15H24O5Si/c1-8-7-10(20-21(4,5)6)13(14(16)18-3)12-9(2)19-15(17)11(8)12/h7-9,11-13H,1-6H3/t8-,9+,11+,12+,13?/m1/s1. The fourth-order valence-corrected chi connectivity index (χ4v) is 4.24. The van der Waals surface area contributed by atoms with Crippen molar-refractivity contribution in [2.75, 3.05) is 7.11 Å². The van der Waals surface area contributed by atoms with Crippen LogP contribution in [0.15, 0.2) is 11.8 Å². The molecule has 1 unspecified atom stereocenters. The third-order valence-electron chi connectivity index (χ3n) is 4.10. The van der Waals surface area contributed by atoms with Gasteiger partial charge >= 0.3 is 11.9 Å². The van der Waals surface area contributed by atoms with Gasteiger partial charge < -0.3 is 13.9 Å². The maximum absolute atomic E-state index is 12.3. The van der Waals surface area contributed by atoms with Crippen molar-refractivity contribution in [3.05, 3.63) is 11.8 Å². The van der Waals surface area contributed by atoms with Crippen LogP contribution < -0.4 is 0 Å². The first-order chi connectivity index (χ1) is 9.65. The predicted octanol–water partition coefficient (Wildman–Crippen LogP) is 2.34. The van der Waals surface area contributed by atoms with Crippen LogP contribution in [0.25, 0.3) is 0 Å². The van der Waals surface area contributed by atoms with E-state index in [9.17, 15) is 9.59 Å². The summed E-state index contributed by atoms with van der Waals surface area (Å²) in [6.07, 6.45) is 1.60. The minimum Gasteiger partial charge on any atom is -0.547 e. The molecule has 0 amide bonds. The number of hydrogen-bond acceptors (Lipinski definition) is 5. The molecule has 21 heavy (non-hydrogen) atoms. The molecule has 0 radical (unpaired) electrons. The first kappa shape index (κ1) is 16.1.